The average Bonchev–Trinajstić information content (AvgIpc) is 2.47. The summed E-state index contributed by atoms with van der Waals surface area (Å²) in [5.41, 5.74) is 0.768. The summed E-state index contributed by atoms with van der Waals surface area (Å²) in [6.45, 7) is 2.00. The van der Waals surface area contributed by atoms with Crippen LogP contribution in [0.25, 0.3) is 6.08 Å². The van der Waals surface area contributed by atoms with Crippen LogP contribution in [0.2, 0.25) is 0 Å². The Balaban J connectivity index is 2.15. The van der Waals surface area contributed by atoms with Gasteiger partial charge in [0.05, 0.1) is 11.7 Å². The highest BCUT2D eigenvalue weighted by atomic mass is 16.3. The minimum absolute atomic E-state index is 0.129. The first kappa shape index (κ1) is 16.1. The smallest absolute Gasteiger partial charge is 0.121 e. The van der Waals surface area contributed by atoms with Gasteiger partial charge in [0.15, 0.2) is 0 Å². The molecule has 3 nitrogen and oxygen atoms in total. The van der Waals surface area contributed by atoms with Crippen molar-refractivity contribution in [2.45, 2.75) is 63.6 Å². The van der Waals surface area contributed by atoms with Crippen molar-refractivity contribution in [1.29, 1.82) is 0 Å². The molecule has 1 fully saturated rings. The van der Waals surface area contributed by atoms with Gasteiger partial charge in [-0.1, -0.05) is 50.8 Å². The highest BCUT2D eigenvalue weighted by molar-refractivity contribution is 5.54. The maximum atomic E-state index is 10.5. The van der Waals surface area contributed by atoms with E-state index < -0.39 is 11.7 Å². The molecule has 0 saturated heterocycles. The molecule has 0 amide bonds. The monoisotopic (exact) mass is 290 g/mol. The summed E-state index contributed by atoms with van der Waals surface area (Å²) in [6.07, 6.45) is 9.57. The molecule has 1 aromatic carbocycles. The van der Waals surface area contributed by atoms with Crippen LogP contribution in [-0.2, 0) is 0 Å². The quantitative estimate of drug-likeness (QED) is 0.770. The zero-order valence-electron chi connectivity index (χ0n) is 12.8. The molecule has 21 heavy (non-hydrogen) atoms. The lowest BCUT2D eigenvalue weighted by Crippen LogP contribution is -2.28. The van der Waals surface area contributed by atoms with Crippen LogP contribution in [0.15, 0.2) is 24.3 Å². The van der Waals surface area contributed by atoms with Gasteiger partial charge in [0.1, 0.15) is 5.75 Å². The molecule has 0 heterocycles. The molecule has 2 rings (SSSR count). The number of aliphatic hydroxyl groups is 2. The summed E-state index contributed by atoms with van der Waals surface area (Å²) in [5, 5.41) is 30.4. The van der Waals surface area contributed by atoms with Gasteiger partial charge in [0, 0.05) is 5.56 Å². The highest BCUT2D eigenvalue weighted by Gasteiger charge is 2.25. The van der Waals surface area contributed by atoms with Crippen LogP contribution in [0.3, 0.4) is 0 Å². The molecule has 1 unspecified atom stereocenters. The van der Waals surface area contributed by atoms with Crippen molar-refractivity contribution in [1.82, 2.24) is 0 Å². The van der Waals surface area contributed by atoms with Gasteiger partial charge >= 0.3 is 0 Å². The summed E-state index contributed by atoms with van der Waals surface area (Å²) < 4.78 is 0. The lowest BCUT2D eigenvalue weighted by Gasteiger charge is -2.28. The van der Waals surface area contributed by atoms with Gasteiger partial charge in [-0.15, -0.1) is 0 Å². The molecule has 1 atom stereocenters. The standard InChI is InChI=1S/C18H26O3/c1-2-6-16(19)15-13-14(7-8-17(15)20)9-12-18(21)10-4-3-5-11-18/h7-9,12-13,16,19-21H,2-6,10-11H2,1H3. The van der Waals surface area contributed by atoms with Gasteiger partial charge in [-0.05, 0) is 37.0 Å². The second-order valence-corrected chi connectivity index (χ2v) is 6.12. The molecule has 1 aliphatic carbocycles. The van der Waals surface area contributed by atoms with Gasteiger partial charge in [-0.25, -0.2) is 0 Å². The molecule has 3 N–H and O–H groups in total. The van der Waals surface area contributed by atoms with Crippen LogP contribution in [0.4, 0.5) is 0 Å². The van der Waals surface area contributed by atoms with Crippen LogP contribution >= 0.6 is 0 Å². The molecule has 1 aliphatic rings. The molecule has 1 saturated carbocycles. The normalized spacial score (nSPS) is 19.8. The maximum absolute atomic E-state index is 10.5. The van der Waals surface area contributed by atoms with Crippen LogP contribution < -0.4 is 0 Å². The molecule has 0 radical (unpaired) electrons. The minimum Gasteiger partial charge on any atom is -0.508 e. The third kappa shape index (κ3) is 4.32. The Morgan fingerprint density at radius 2 is 1.95 bits per heavy atom. The first-order valence-corrected chi connectivity index (χ1v) is 7.97. The maximum Gasteiger partial charge on any atom is 0.121 e. The van der Waals surface area contributed by atoms with E-state index in [0.29, 0.717) is 12.0 Å². The van der Waals surface area contributed by atoms with Crippen molar-refractivity contribution in [3.8, 4) is 5.75 Å². The zero-order valence-corrected chi connectivity index (χ0v) is 12.8. The van der Waals surface area contributed by atoms with Crippen LogP contribution in [0, 0.1) is 0 Å². The van der Waals surface area contributed by atoms with Gasteiger partial charge in [0.25, 0.3) is 0 Å². The second kappa shape index (κ2) is 7.10. The van der Waals surface area contributed by atoms with E-state index in [1.807, 2.05) is 19.1 Å². The summed E-state index contributed by atoms with van der Waals surface area (Å²) in [6, 6.07) is 5.22. The third-order valence-corrected chi connectivity index (χ3v) is 4.28. The number of phenols is 1. The number of aromatic hydroxyl groups is 1. The molecule has 0 aromatic heterocycles. The Kier molecular flexibility index (Phi) is 5.43. The predicted octanol–water partition coefficient (Wildman–Crippen LogP) is 3.93. The topological polar surface area (TPSA) is 60.7 Å². The fourth-order valence-electron chi connectivity index (χ4n) is 2.95. The van der Waals surface area contributed by atoms with E-state index in [-0.39, 0.29) is 5.75 Å². The molecule has 116 valence electrons. The number of aliphatic hydroxyl groups excluding tert-OH is 1. The van der Waals surface area contributed by atoms with E-state index in [1.54, 1.807) is 18.2 Å². The van der Waals surface area contributed by atoms with E-state index in [4.69, 9.17) is 0 Å². The Morgan fingerprint density at radius 3 is 2.62 bits per heavy atom. The van der Waals surface area contributed by atoms with E-state index in [9.17, 15) is 15.3 Å². The Hall–Kier alpha value is -1.32. The van der Waals surface area contributed by atoms with Crippen molar-refractivity contribution in [3.63, 3.8) is 0 Å². The Bertz CT molecular complexity index is 487. The fourth-order valence-corrected chi connectivity index (χ4v) is 2.95. The van der Waals surface area contributed by atoms with Gasteiger partial charge in [-0.3, -0.25) is 0 Å². The molecule has 0 aliphatic heterocycles. The number of benzene rings is 1. The van der Waals surface area contributed by atoms with Crippen LogP contribution in [0.1, 0.15) is 69.1 Å². The van der Waals surface area contributed by atoms with Crippen molar-refractivity contribution in [2.75, 3.05) is 0 Å². The predicted molar refractivity (Wildman–Crippen MR) is 85.0 cm³/mol. The number of hydrogen-bond acceptors (Lipinski definition) is 3. The largest absolute Gasteiger partial charge is 0.508 e. The molecule has 0 bridgehead atoms. The minimum atomic E-state index is -0.696. The van der Waals surface area contributed by atoms with E-state index >= 15 is 0 Å². The fraction of sp³-hybridized carbons (Fsp3) is 0.556. The Labute approximate surface area is 126 Å². The third-order valence-electron chi connectivity index (χ3n) is 4.28. The first-order valence-electron chi connectivity index (χ1n) is 7.97. The average molecular weight is 290 g/mol. The van der Waals surface area contributed by atoms with E-state index in [1.165, 1.54) is 6.42 Å². The van der Waals surface area contributed by atoms with Crippen LogP contribution in [-0.4, -0.2) is 20.9 Å². The van der Waals surface area contributed by atoms with Crippen molar-refractivity contribution < 1.29 is 15.3 Å². The number of hydrogen-bond donors (Lipinski definition) is 3. The molecule has 0 spiro atoms. The van der Waals surface area contributed by atoms with Crippen molar-refractivity contribution in [3.05, 3.63) is 35.4 Å². The molecular weight excluding hydrogens is 264 g/mol. The van der Waals surface area contributed by atoms with Crippen molar-refractivity contribution >= 4 is 6.08 Å². The summed E-state index contributed by atoms with van der Waals surface area (Å²) in [5.74, 6) is 0.129. The molecule has 3 heteroatoms. The molecule has 1 aromatic rings. The SMILES string of the molecule is CCCC(O)c1cc(C=CC2(O)CCCCC2)ccc1O. The van der Waals surface area contributed by atoms with E-state index in [0.717, 1.165) is 37.7 Å². The Morgan fingerprint density at radius 1 is 1.24 bits per heavy atom. The summed E-state index contributed by atoms with van der Waals surface area (Å²) >= 11 is 0. The van der Waals surface area contributed by atoms with Gasteiger partial charge < -0.3 is 15.3 Å². The van der Waals surface area contributed by atoms with Gasteiger partial charge in [-0.2, -0.15) is 0 Å². The molecular formula is C18H26O3. The first-order chi connectivity index (χ1) is 10.0. The lowest BCUT2D eigenvalue weighted by atomic mass is 9.84. The number of rotatable bonds is 5. The second-order valence-electron chi connectivity index (χ2n) is 6.12. The van der Waals surface area contributed by atoms with E-state index in [2.05, 4.69) is 0 Å². The summed E-state index contributed by atoms with van der Waals surface area (Å²) in [7, 11) is 0. The highest BCUT2D eigenvalue weighted by Crippen LogP contribution is 2.31. The van der Waals surface area contributed by atoms with Gasteiger partial charge in [0.2, 0.25) is 0 Å². The van der Waals surface area contributed by atoms with Crippen LogP contribution in [0.5, 0.6) is 5.75 Å². The summed E-state index contributed by atoms with van der Waals surface area (Å²) in [4.78, 5) is 0. The van der Waals surface area contributed by atoms with Crippen molar-refractivity contribution in [2.24, 2.45) is 0 Å². The number of phenolic OH excluding ortho intramolecular Hbond substituents is 1. The lowest BCUT2D eigenvalue weighted by molar-refractivity contribution is 0.0521. The zero-order chi connectivity index (χ0) is 15.3.